The van der Waals surface area contributed by atoms with E-state index in [1.165, 1.54) is 5.56 Å². The number of fused-ring (bicyclic) bond motifs is 1. The van der Waals surface area contributed by atoms with E-state index in [4.69, 9.17) is 14.5 Å². The second kappa shape index (κ2) is 11.7. The van der Waals surface area contributed by atoms with Gasteiger partial charge in [-0.15, -0.1) is 0 Å². The Hall–Kier alpha value is -3.65. The van der Waals surface area contributed by atoms with Crippen LogP contribution in [0, 0.1) is 0 Å². The topological polar surface area (TPSA) is 79.8 Å². The molecule has 1 amide bonds. The number of rotatable bonds is 11. The van der Waals surface area contributed by atoms with Crippen molar-refractivity contribution in [2.24, 2.45) is 0 Å². The Morgan fingerprint density at radius 1 is 1.11 bits per heavy atom. The number of hydrogen-bond donors (Lipinski definition) is 1. The number of benzene rings is 2. The summed E-state index contributed by atoms with van der Waals surface area (Å²) in [5, 5.41) is 2.99. The molecule has 2 heterocycles. The third kappa shape index (κ3) is 5.89. The van der Waals surface area contributed by atoms with Gasteiger partial charge in [-0.05, 0) is 48.8 Å². The number of nitrogens with zero attached hydrogens (tertiary/aromatic N) is 4. The number of para-hydroxylation sites is 1. The lowest BCUT2D eigenvalue weighted by Gasteiger charge is -2.20. The van der Waals surface area contributed by atoms with E-state index >= 15 is 0 Å². The number of likely N-dealkylation sites (N-methyl/N-ethyl adjacent to an activating group) is 1. The van der Waals surface area contributed by atoms with Crippen molar-refractivity contribution in [2.75, 3.05) is 44.7 Å². The van der Waals surface area contributed by atoms with E-state index in [1.54, 1.807) is 13.3 Å². The maximum atomic E-state index is 13.0. The van der Waals surface area contributed by atoms with Crippen molar-refractivity contribution in [1.82, 2.24) is 20.2 Å². The molecule has 0 saturated heterocycles. The number of carbonyl (C=O) groups is 1. The Morgan fingerprint density at radius 2 is 1.89 bits per heavy atom. The first kappa shape index (κ1) is 24.5. The average Bonchev–Trinajstić information content (AvgIpc) is 3.34. The zero-order valence-corrected chi connectivity index (χ0v) is 20.7. The molecule has 0 atom stereocenters. The van der Waals surface area contributed by atoms with Crippen LogP contribution >= 0.6 is 0 Å². The predicted molar refractivity (Wildman–Crippen MR) is 137 cm³/mol. The summed E-state index contributed by atoms with van der Waals surface area (Å²) >= 11 is 0. The van der Waals surface area contributed by atoms with Crippen molar-refractivity contribution in [1.29, 1.82) is 0 Å². The van der Waals surface area contributed by atoms with Crippen LogP contribution in [-0.2, 0) is 13.0 Å². The van der Waals surface area contributed by atoms with Gasteiger partial charge >= 0.3 is 0 Å². The van der Waals surface area contributed by atoms with E-state index in [0.717, 1.165) is 49.6 Å². The smallest absolute Gasteiger partial charge is 0.258 e. The van der Waals surface area contributed by atoms with Crippen molar-refractivity contribution in [3.8, 4) is 11.6 Å². The summed E-state index contributed by atoms with van der Waals surface area (Å²) in [6, 6.07) is 15.9. The number of methoxy groups -OCH3 is 1. The van der Waals surface area contributed by atoms with Crippen LogP contribution in [0.15, 0.2) is 54.7 Å². The molecule has 0 saturated carbocycles. The van der Waals surface area contributed by atoms with Crippen LogP contribution < -0.4 is 19.7 Å². The van der Waals surface area contributed by atoms with Gasteiger partial charge in [0.1, 0.15) is 17.9 Å². The molecule has 3 aromatic rings. The first-order chi connectivity index (χ1) is 17.1. The van der Waals surface area contributed by atoms with Crippen molar-refractivity contribution < 1.29 is 14.3 Å². The van der Waals surface area contributed by atoms with Gasteiger partial charge in [0, 0.05) is 31.5 Å². The molecule has 1 N–H and O–H groups in total. The minimum Gasteiger partial charge on any atom is -0.497 e. The molecule has 0 spiro atoms. The molecule has 0 aliphatic carbocycles. The minimum atomic E-state index is -0.241. The van der Waals surface area contributed by atoms with Gasteiger partial charge in [0.15, 0.2) is 0 Å². The Bertz CT molecular complexity index is 1130. The second-order valence-corrected chi connectivity index (χ2v) is 8.34. The third-order valence-corrected chi connectivity index (χ3v) is 6.26. The van der Waals surface area contributed by atoms with Crippen LogP contribution in [0.1, 0.15) is 35.3 Å². The second-order valence-electron chi connectivity index (χ2n) is 8.34. The maximum Gasteiger partial charge on any atom is 0.258 e. The van der Waals surface area contributed by atoms with Gasteiger partial charge in [-0.2, -0.15) is 4.98 Å². The Balaban J connectivity index is 1.55. The summed E-state index contributed by atoms with van der Waals surface area (Å²) in [7, 11) is 1.63. The van der Waals surface area contributed by atoms with Gasteiger partial charge in [-0.3, -0.25) is 4.79 Å². The Morgan fingerprint density at radius 3 is 2.63 bits per heavy atom. The minimum absolute atomic E-state index is 0.241. The highest BCUT2D eigenvalue weighted by Crippen LogP contribution is 2.33. The summed E-state index contributed by atoms with van der Waals surface area (Å²) < 4.78 is 11.3. The van der Waals surface area contributed by atoms with Gasteiger partial charge in [0.25, 0.3) is 5.91 Å². The molecule has 2 aromatic carbocycles. The molecular formula is C27H33N5O3. The predicted octanol–water partition coefficient (Wildman–Crippen LogP) is 3.83. The van der Waals surface area contributed by atoms with Crippen molar-refractivity contribution in [3.63, 3.8) is 0 Å². The zero-order valence-electron chi connectivity index (χ0n) is 20.7. The van der Waals surface area contributed by atoms with E-state index in [9.17, 15) is 4.79 Å². The number of amides is 1. The summed E-state index contributed by atoms with van der Waals surface area (Å²) in [6.45, 7) is 8.49. The van der Waals surface area contributed by atoms with E-state index < -0.39 is 0 Å². The SMILES string of the molecule is CCN(CC)CCNC(=O)c1cnc(N2CCc3ccccc32)nc1OCc1ccc(OC)cc1. The van der Waals surface area contributed by atoms with E-state index in [2.05, 4.69) is 46.1 Å². The molecule has 1 aliphatic heterocycles. The third-order valence-electron chi connectivity index (χ3n) is 6.26. The van der Waals surface area contributed by atoms with Gasteiger partial charge in [0.2, 0.25) is 11.8 Å². The van der Waals surface area contributed by atoms with E-state index in [1.807, 2.05) is 36.4 Å². The zero-order chi connectivity index (χ0) is 24.6. The number of carbonyl (C=O) groups excluding carboxylic acids is 1. The molecule has 1 aliphatic rings. The van der Waals surface area contributed by atoms with Gasteiger partial charge in [-0.1, -0.05) is 44.2 Å². The summed E-state index contributed by atoms with van der Waals surface area (Å²) in [5.41, 5.74) is 3.62. The first-order valence-corrected chi connectivity index (χ1v) is 12.1. The number of aromatic nitrogens is 2. The molecule has 35 heavy (non-hydrogen) atoms. The van der Waals surface area contributed by atoms with Crippen LogP contribution in [-0.4, -0.2) is 60.6 Å². The number of ether oxygens (including phenoxy) is 2. The average molecular weight is 476 g/mol. The van der Waals surface area contributed by atoms with Crippen molar-refractivity contribution in [3.05, 3.63) is 71.4 Å². The summed E-state index contributed by atoms with van der Waals surface area (Å²) in [5.74, 6) is 1.34. The van der Waals surface area contributed by atoms with Gasteiger partial charge < -0.3 is 24.6 Å². The highest BCUT2D eigenvalue weighted by molar-refractivity contribution is 5.96. The molecule has 0 radical (unpaired) electrons. The lowest BCUT2D eigenvalue weighted by molar-refractivity contribution is 0.0943. The highest BCUT2D eigenvalue weighted by atomic mass is 16.5. The number of nitrogens with one attached hydrogen (secondary N) is 1. The molecule has 0 fully saturated rings. The Kier molecular flexibility index (Phi) is 8.15. The molecule has 8 heteroatoms. The quantitative estimate of drug-likeness (QED) is 0.451. The van der Waals surface area contributed by atoms with Gasteiger partial charge in [-0.25, -0.2) is 4.98 Å². The normalized spacial score (nSPS) is 12.5. The molecule has 0 unspecified atom stereocenters. The van der Waals surface area contributed by atoms with Crippen LogP contribution in [0.25, 0.3) is 0 Å². The summed E-state index contributed by atoms with van der Waals surface area (Å²) in [4.78, 5) is 26.6. The maximum absolute atomic E-state index is 13.0. The number of anilines is 2. The highest BCUT2D eigenvalue weighted by Gasteiger charge is 2.24. The molecule has 8 nitrogen and oxygen atoms in total. The monoisotopic (exact) mass is 475 g/mol. The standard InChI is InChI=1S/C27H33N5O3/c1-4-31(5-2)17-15-28-25(33)23-18-29-27(32-16-14-21-8-6-7-9-24(21)32)30-26(23)35-19-20-10-12-22(34-3)13-11-20/h6-13,18H,4-5,14-17,19H2,1-3H3,(H,28,33). The molecule has 0 bridgehead atoms. The summed E-state index contributed by atoms with van der Waals surface area (Å²) in [6.07, 6.45) is 2.49. The fourth-order valence-corrected chi connectivity index (χ4v) is 4.14. The van der Waals surface area contributed by atoms with Crippen LogP contribution in [0.4, 0.5) is 11.6 Å². The molecular weight excluding hydrogens is 442 g/mol. The molecule has 1 aromatic heterocycles. The largest absolute Gasteiger partial charge is 0.497 e. The Labute approximate surface area is 206 Å². The molecule has 4 rings (SSSR count). The fourth-order valence-electron chi connectivity index (χ4n) is 4.14. The molecule has 184 valence electrons. The van der Waals surface area contributed by atoms with Gasteiger partial charge in [0.05, 0.1) is 7.11 Å². The fraction of sp³-hybridized carbons (Fsp3) is 0.370. The van der Waals surface area contributed by atoms with Crippen LogP contribution in [0.5, 0.6) is 11.6 Å². The lowest BCUT2D eigenvalue weighted by atomic mass is 10.2. The van der Waals surface area contributed by atoms with Crippen LogP contribution in [0.2, 0.25) is 0 Å². The van der Waals surface area contributed by atoms with Crippen LogP contribution in [0.3, 0.4) is 0 Å². The van der Waals surface area contributed by atoms with E-state index in [-0.39, 0.29) is 18.4 Å². The van der Waals surface area contributed by atoms with Crippen molar-refractivity contribution >= 4 is 17.5 Å². The van der Waals surface area contributed by atoms with E-state index in [0.29, 0.717) is 18.1 Å². The lowest BCUT2D eigenvalue weighted by Crippen LogP contribution is -2.35. The number of hydrogen-bond acceptors (Lipinski definition) is 7. The first-order valence-electron chi connectivity index (χ1n) is 12.1. The van der Waals surface area contributed by atoms with Crippen molar-refractivity contribution in [2.45, 2.75) is 26.9 Å².